The Kier molecular flexibility index (Phi) is 4.35. The summed E-state index contributed by atoms with van der Waals surface area (Å²) in [6.45, 7) is -0.759. The molecule has 0 amide bonds. The van der Waals surface area contributed by atoms with Gasteiger partial charge in [-0.3, -0.25) is 0 Å². The number of benzene rings is 1. The highest BCUT2D eigenvalue weighted by molar-refractivity contribution is 9.10. The summed E-state index contributed by atoms with van der Waals surface area (Å²) >= 11 is 8.78. The third-order valence-corrected chi connectivity index (χ3v) is 5.62. The molecule has 5 N–H and O–H groups in total. The first-order valence-electron chi connectivity index (χ1n) is 6.78. The average Bonchev–Trinajstić information content (AvgIpc) is 2.94. The largest absolute Gasteiger partial charge is 0.460 e. The molecule has 23 heavy (non-hydrogen) atoms. The van der Waals surface area contributed by atoms with Crippen LogP contribution in [0.3, 0.4) is 0 Å². The molecule has 1 fully saturated rings. The van der Waals surface area contributed by atoms with Crippen LogP contribution in [0, 0.1) is 0 Å². The monoisotopic (exact) mass is 407 g/mol. The normalized spacial score (nSPS) is 37.9. The number of H-pyrrole nitrogens is 1. The zero-order valence-corrected chi connectivity index (χ0v) is 14.0. The van der Waals surface area contributed by atoms with Crippen LogP contribution >= 0.6 is 27.5 Å². The van der Waals surface area contributed by atoms with E-state index in [2.05, 4.69) is 20.9 Å². The predicted molar refractivity (Wildman–Crippen MR) is 85.4 cm³/mol. The van der Waals surface area contributed by atoms with Gasteiger partial charge in [-0.25, -0.2) is 0 Å². The molecular weight excluding hydrogens is 394 g/mol. The molecule has 3 rings (SSSR count). The zero-order chi connectivity index (χ0) is 16.8. The number of nitrogens with one attached hydrogen (secondary N) is 1. The molecule has 0 aliphatic carbocycles. The van der Waals surface area contributed by atoms with E-state index in [0.29, 0.717) is 5.75 Å². The molecule has 2 aromatic rings. The molecule has 0 saturated carbocycles. The number of halogens is 2. The lowest BCUT2D eigenvalue weighted by Crippen LogP contribution is -2.69. The van der Waals surface area contributed by atoms with Crippen LogP contribution in [0.2, 0.25) is 0 Å². The summed E-state index contributed by atoms with van der Waals surface area (Å²) in [4.78, 5) is 2.99. The number of aromatic nitrogens is 1. The van der Waals surface area contributed by atoms with Crippen molar-refractivity contribution in [2.45, 2.75) is 28.1 Å². The maximum absolute atomic E-state index is 10.1. The van der Waals surface area contributed by atoms with Crippen molar-refractivity contribution in [1.82, 2.24) is 4.98 Å². The lowest BCUT2D eigenvalue weighted by atomic mass is 9.98. The van der Waals surface area contributed by atoms with Crippen LogP contribution < -0.4 is 4.74 Å². The van der Waals surface area contributed by atoms with Crippen molar-refractivity contribution < 1.29 is 29.9 Å². The van der Waals surface area contributed by atoms with Crippen LogP contribution in [0.15, 0.2) is 30.5 Å². The lowest BCUT2D eigenvalue weighted by Gasteiger charge is -2.48. The number of hydrogen-bond donors (Lipinski definition) is 5. The molecule has 2 heterocycles. The summed E-state index contributed by atoms with van der Waals surface area (Å²) in [6.07, 6.45) is -3.25. The van der Waals surface area contributed by atoms with Gasteiger partial charge >= 0.3 is 0 Å². The van der Waals surface area contributed by atoms with Gasteiger partial charge < -0.3 is 34.9 Å². The number of aliphatic hydroxyl groups excluding tert-OH is 3. The number of alkyl halides is 2. The van der Waals surface area contributed by atoms with Crippen LogP contribution in [0.25, 0.3) is 10.9 Å². The van der Waals surface area contributed by atoms with Crippen molar-refractivity contribution in [1.29, 1.82) is 0 Å². The van der Waals surface area contributed by atoms with Crippen molar-refractivity contribution in [2.24, 2.45) is 0 Å². The highest BCUT2D eigenvalue weighted by Gasteiger charge is 2.63. The Balaban J connectivity index is 1.91. The fourth-order valence-electron chi connectivity index (χ4n) is 2.44. The van der Waals surface area contributed by atoms with Gasteiger partial charge in [0, 0.05) is 17.1 Å². The average molecular weight is 409 g/mol. The molecule has 1 aliphatic heterocycles. The first-order chi connectivity index (χ1) is 10.8. The van der Waals surface area contributed by atoms with Crippen molar-refractivity contribution in [3.63, 3.8) is 0 Å². The molecule has 1 saturated heterocycles. The van der Waals surface area contributed by atoms with Gasteiger partial charge in [-0.2, -0.15) is 0 Å². The van der Waals surface area contributed by atoms with E-state index in [9.17, 15) is 20.4 Å². The Hall–Kier alpha value is -0.870. The second-order valence-corrected chi connectivity index (χ2v) is 7.16. The molecule has 7 nitrogen and oxygen atoms in total. The third kappa shape index (κ3) is 2.64. The van der Waals surface area contributed by atoms with Crippen molar-refractivity contribution in [3.05, 3.63) is 30.5 Å². The van der Waals surface area contributed by atoms with Crippen LogP contribution in [-0.2, 0) is 4.74 Å². The fraction of sp³-hybridized carbons (Fsp3) is 0.429. The molecule has 0 radical (unpaired) electrons. The van der Waals surface area contributed by atoms with E-state index in [4.69, 9.17) is 21.1 Å². The SMILES string of the molecule is OC[C@@]1(Br)O[C@H](Oc2c[nH]c3ccccc23)[C@@H](O)[C@@H](O)[C@@]1(O)Cl. The van der Waals surface area contributed by atoms with Gasteiger partial charge in [0.15, 0.2) is 4.51 Å². The zero-order valence-electron chi connectivity index (χ0n) is 11.7. The Bertz CT molecular complexity index is 709. The van der Waals surface area contributed by atoms with E-state index in [1.807, 2.05) is 18.2 Å². The number of rotatable bonds is 3. The molecule has 0 bridgehead atoms. The summed E-state index contributed by atoms with van der Waals surface area (Å²) in [5.74, 6) is 0.379. The van der Waals surface area contributed by atoms with Gasteiger partial charge in [-0.1, -0.05) is 23.7 Å². The minimum atomic E-state index is -2.44. The Morgan fingerprint density at radius 1 is 1.35 bits per heavy atom. The van der Waals surface area contributed by atoms with E-state index in [-0.39, 0.29) is 0 Å². The molecule has 5 atom stereocenters. The van der Waals surface area contributed by atoms with Gasteiger partial charge in [-0.05, 0) is 28.1 Å². The van der Waals surface area contributed by atoms with E-state index in [0.717, 1.165) is 10.9 Å². The summed E-state index contributed by atoms with van der Waals surface area (Å²) in [6, 6.07) is 7.31. The molecular formula is C14H15BrClNO6. The first kappa shape index (κ1) is 17.0. The predicted octanol–water partition coefficient (Wildman–Crippen LogP) is 0.636. The van der Waals surface area contributed by atoms with E-state index < -0.39 is 34.7 Å². The summed E-state index contributed by atoms with van der Waals surface area (Å²) in [7, 11) is 0. The molecule has 1 aromatic carbocycles. The summed E-state index contributed by atoms with van der Waals surface area (Å²) < 4.78 is 9.08. The second-order valence-electron chi connectivity index (χ2n) is 5.30. The van der Waals surface area contributed by atoms with Crippen molar-refractivity contribution in [2.75, 3.05) is 6.61 Å². The lowest BCUT2D eigenvalue weighted by molar-refractivity contribution is -0.300. The van der Waals surface area contributed by atoms with Crippen LogP contribution in [0.5, 0.6) is 5.75 Å². The van der Waals surface area contributed by atoms with Crippen molar-refractivity contribution in [3.8, 4) is 5.75 Å². The van der Waals surface area contributed by atoms with Gasteiger partial charge in [0.2, 0.25) is 11.4 Å². The number of fused-ring (bicyclic) bond motifs is 1. The van der Waals surface area contributed by atoms with Gasteiger partial charge in [0.05, 0.1) is 6.61 Å². The minimum Gasteiger partial charge on any atom is -0.460 e. The number of aromatic amines is 1. The molecule has 1 aliphatic rings. The number of para-hydroxylation sites is 1. The molecule has 0 unspecified atom stereocenters. The minimum absolute atomic E-state index is 0.379. The number of hydrogen-bond acceptors (Lipinski definition) is 6. The maximum Gasteiger partial charge on any atom is 0.230 e. The van der Waals surface area contributed by atoms with E-state index in [1.54, 1.807) is 12.3 Å². The standard InChI is InChI=1S/C14H15BrClNO6/c15-13(6-18)14(16,21)11(20)10(19)12(23-13)22-9-5-17-8-4-2-1-3-7(8)9/h1-5,10-12,17-21H,6H2/t10-,11+,12-,13+,14-/m0/s1. The molecule has 0 spiro atoms. The Morgan fingerprint density at radius 2 is 2.04 bits per heavy atom. The first-order valence-corrected chi connectivity index (χ1v) is 7.95. The van der Waals surface area contributed by atoms with Crippen LogP contribution in [-0.4, -0.2) is 60.1 Å². The van der Waals surface area contributed by atoms with Gasteiger partial charge in [0.1, 0.15) is 18.0 Å². The Labute approximate surface area is 144 Å². The highest BCUT2D eigenvalue weighted by Crippen LogP contribution is 2.45. The van der Waals surface area contributed by atoms with Crippen molar-refractivity contribution >= 4 is 38.4 Å². The van der Waals surface area contributed by atoms with Crippen LogP contribution in [0.1, 0.15) is 0 Å². The third-order valence-electron chi connectivity index (χ3n) is 3.82. The molecule has 9 heteroatoms. The van der Waals surface area contributed by atoms with E-state index >= 15 is 0 Å². The van der Waals surface area contributed by atoms with E-state index in [1.165, 1.54) is 0 Å². The van der Waals surface area contributed by atoms with Gasteiger partial charge in [0.25, 0.3) is 0 Å². The molecule has 126 valence electrons. The number of ether oxygens (including phenoxy) is 2. The second kappa shape index (κ2) is 5.89. The highest BCUT2D eigenvalue weighted by atomic mass is 79.9. The maximum atomic E-state index is 10.1. The van der Waals surface area contributed by atoms with Crippen LogP contribution in [0.4, 0.5) is 0 Å². The van der Waals surface area contributed by atoms with Gasteiger partial charge in [-0.15, -0.1) is 0 Å². The Morgan fingerprint density at radius 3 is 2.74 bits per heavy atom. The topological polar surface area (TPSA) is 115 Å². The number of aliphatic hydroxyl groups is 4. The fourth-order valence-corrected chi connectivity index (χ4v) is 3.09. The molecule has 1 aromatic heterocycles. The smallest absolute Gasteiger partial charge is 0.230 e. The summed E-state index contributed by atoms with van der Waals surface area (Å²) in [5, 5.41) is 38.0. The quantitative estimate of drug-likeness (QED) is 0.476. The summed E-state index contributed by atoms with van der Waals surface area (Å²) in [5.41, 5.74) is 0.814.